The fraction of sp³-hybridized carbons (Fsp3) is 0.400. The van der Waals surface area contributed by atoms with E-state index in [4.69, 9.17) is 15.7 Å². The highest BCUT2D eigenvalue weighted by molar-refractivity contribution is 5.83. The lowest BCUT2D eigenvalue weighted by Crippen LogP contribution is -2.41. The van der Waals surface area contributed by atoms with Crippen LogP contribution in [0.25, 0.3) is 10.9 Å². The van der Waals surface area contributed by atoms with E-state index in [1.165, 1.54) is 50.2 Å². The predicted octanol–water partition coefficient (Wildman–Crippen LogP) is 4.20. The monoisotopic (exact) mass is 466 g/mol. The Morgan fingerprint density at radius 1 is 1.21 bits per heavy atom. The third-order valence-corrected chi connectivity index (χ3v) is 5.91. The van der Waals surface area contributed by atoms with Gasteiger partial charge >= 0.3 is 0 Å². The normalized spacial score (nSPS) is 16.1. The van der Waals surface area contributed by atoms with Gasteiger partial charge in [0.15, 0.2) is 0 Å². The number of nitriles is 1. The van der Waals surface area contributed by atoms with Crippen molar-refractivity contribution in [1.82, 2.24) is 15.3 Å². The Balaban J connectivity index is 0.000000224. The van der Waals surface area contributed by atoms with Crippen LogP contribution in [0.2, 0.25) is 0 Å². The fourth-order valence-electron chi connectivity index (χ4n) is 4.16. The number of aromatic nitrogens is 2. The van der Waals surface area contributed by atoms with Gasteiger partial charge in [0.1, 0.15) is 17.4 Å². The Bertz CT molecular complexity index is 1210. The summed E-state index contributed by atoms with van der Waals surface area (Å²) in [5.41, 5.74) is 6.81. The smallest absolute Gasteiger partial charge is 0.258 e. The minimum atomic E-state index is -0.606. The molecule has 5 rings (SSSR count). The molecular formula is C25H31FN6O2. The second kappa shape index (κ2) is 11.6. The van der Waals surface area contributed by atoms with Gasteiger partial charge in [0.2, 0.25) is 0 Å². The number of halogens is 1. The van der Waals surface area contributed by atoms with Crippen LogP contribution in [0.3, 0.4) is 0 Å². The highest BCUT2D eigenvalue weighted by atomic mass is 19.1. The van der Waals surface area contributed by atoms with Gasteiger partial charge in [-0.1, -0.05) is 13.8 Å². The Kier molecular flexibility index (Phi) is 8.57. The number of nitrogens with one attached hydrogen (secondary N) is 3. The van der Waals surface area contributed by atoms with Gasteiger partial charge in [-0.2, -0.15) is 5.26 Å². The molecule has 9 heteroatoms. The molecule has 2 saturated heterocycles. The maximum Gasteiger partial charge on any atom is 0.258 e. The van der Waals surface area contributed by atoms with Crippen molar-refractivity contribution in [1.29, 1.82) is 5.26 Å². The van der Waals surface area contributed by atoms with E-state index in [1.54, 1.807) is 12.1 Å². The number of anilines is 3. The molecule has 0 unspecified atom stereocenters. The van der Waals surface area contributed by atoms with Crippen LogP contribution in [0.5, 0.6) is 0 Å². The van der Waals surface area contributed by atoms with Crippen LogP contribution in [-0.4, -0.2) is 35.3 Å². The molecular weight excluding hydrogens is 435 g/mol. The zero-order valence-electron chi connectivity index (χ0n) is 19.6. The first-order chi connectivity index (χ1) is 16.5. The van der Waals surface area contributed by atoms with E-state index < -0.39 is 5.82 Å². The maximum absolute atomic E-state index is 13.9. The molecule has 0 bridgehead atoms. The van der Waals surface area contributed by atoms with Crippen molar-refractivity contribution in [2.75, 3.05) is 30.7 Å². The topological polar surface area (TPSA) is 129 Å². The molecule has 34 heavy (non-hydrogen) atoms. The van der Waals surface area contributed by atoms with Crippen molar-refractivity contribution in [2.45, 2.75) is 45.1 Å². The van der Waals surface area contributed by atoms with Crippen LogP contribution < -0.4 is 21.9 Å². The van der Waals surface area contributed by atoms with E-state index in [0.29, 0.717) is 22.2 Å². The van der Waals surface area contributed by atoms with Gasteiger partial charge in [0.05, 0.1) is 34.2 Å². The number of ether oxygens (including phenoxy) is 1. The third kappa shape index (κ3) is 5.71. The van der Waals surface area contributed by atoms with Crippen molar-refractivity contribution in [2.24, 2.45) is 0 Å². The largest absolute Gasteiger partial charge is 0.398 e. The minimum Gasteiger partial charge on any atom is -0.398 e. The molecule has 3 heterocycles. The summed E-state index contributed by atoms with van der Waals surface area (Å²) in [7, 11) is 0. The summed E-state index contributed by atoms with van der Waals surface area (Å²) in [5.74, 6) is -0.606. The molecule has 0 aliphatic carbocycles. The van der Waals surface area contributed by atoms with E-state index >= 15 is 0 Å². The SMILES string of the molecule is C1COC2(C1)CCNCC2.CC.N#Cc1c(N)ccc(F)c1Nc1ccc2nc[nH]c(=O)c2c1. The highest BCUT2D eigenvalue weighted by Gasteiger charge is 2.35. The first-order valence-electron chi connectivity index (χ1n) is 11.6. The number of nitrogen functional groups attached to an aromatic ring is 1. The molecule has 5 N–H and O–H groups in total. The van der Waals surface area contributed by atoms with Crippen LogP contribution in [0.1, 0.15) is 45.1 Å². The number of H-pyrrole nitrogens is 1. The number of nitrogens with zero attached hydrogens (tertiary/aromatic N) is 2. The summed E-state index contributed by atoms with van der Waals surface area (Å²) in [4.78, 5) is 18.3. The third-order valence-electron chi connectivity index (χ3n) is 5.91. The summed E-state index contributed by atoms with van der Waals surface area (Å²) in [5, 5.41) is 15.6. The average molecular weight is 467 g/mol. The predicted molar refractivity (Wildman–Crippen MR) is 133 cm³/mol. The van der Waals surface area contributed by atoms with E-state index in [1.807, 2.05) is 19.9 Å². The van der Waals surface area contributed by atoms with Crippen LogP contribution in [0, 0.1) is 17.1 Å². The van der Waals surface area contributed by atoms with Gasteiger partial charge in [-0.3, -0.25) is 4.79 Å². The molecule has 0 saturated carbocycles. The van der Waals surface area contributed by atoms with Crippen LogP contribution in [0.4, 0.5) is 21.5 Å². The molecule has 0 amide bonds. The number of nitrogens with two attached hydrogens (primary N) is 1. The average Bonchev–Trinajstić information content (AvgIpc) is 3.31. The second-order valence-electron chi connectivity index (χ2n) is 7.97. The lowest BCUT2D eigenvalue weighted by molar-refractivity contribution is -0.0190. The standard InChI is InChI=1S/C15H10FN5O.C8H15NO.C2H6/c16-11-2-3-12(18)10(6-17)14(11)21-8-1-4-13-9(5-8)15(22)20-7-19-13;1-2-8(10-7-1)3-5-9-6-4-8;1-2/h1-5,7,21H,18H2,(H,19,20,22);9H,1-7H2;1-2H3. The summed E-state index contributed by atoms with van der Waals surface area (Å²) in [6.07, 6.45) is 6.35. The zero-order chi connectivity index (χ0) is 24.6. The molecule has 0 radical (unpaired) electrons. The molecule has 0 atom stereocenters. The molecule has 1 aromatic heterocycles. The number of aromatic amines is 1. The lowest BCUT2D eigenvalue weighted by atomic mass is 9.90. The van der Waals surface area contributed by atoms with Crippen molar-refractivity contribution < 1.29 is 9.13 Å². The van der Waals surface area contributed by atoms with E-state index in [2.05, 4.69) is 20.6 Å². The Morgan fingerprint density at radius 2 is 1.97 bits per heavy atom. The van der Waals surface area contributed by atoms with Crippen LogP contribution in [-0.2, 0) is 4.74 Å². The summed E-state index contributed by atoms with van der Waals surface area (Å²) < 4.78 is 19.7. The fourth-order valence-corrected chi connectivity index (χ4v) is 4.16. The van der Waals surface area contributed by atoms with Crippen LogP contribution >= 0.6 is 0 Å². The number of hydrogen-bond donors (Lipinski definition) is 4. The summed E-state index contributed by atoms with van der Waals surface area (Å²) in [6, 6.07) is 9.17. The van der Waals surface area contributed by atoms with Crippen LogP contribution in [0.15, 0.2) is 41.5 Å². The number of rotatable bonds is 2. The number of benzene rings is 2. The van der Waals surface area contributed by atoms with Crippen molar-refractivity contribution >= 4 is 28.0 Å². The summed E-state index contributed by atoms with van der Waals surface area (Å²) in [6.45, 7) is 7.31. The molecule has 2 fully saturated rings. The Hall–Kier alpha value is -3.48. The van der Waals surface area contributed by atoms with Gasteiger partial charge in [-0.05, 0) is 69.1 Å². The quantitative estimate of drug-likeness (QED) is 0.417. The van der Waals surface area contributed by atoms with E-state index in [0.717, 1.165) is 19.7 Å². The van der Waals surface area contributed by atoms with Gasteiger partial charge < -0.3 is 26.1 Å². The van der Waals surface area contributed by atoms with Crippen molar-refractivity contribution in [3.05, 3.63) is 58.4 Å². The zero-order valence-corrected chi connectivity index (χ0v) is 19.6. The van der Waals surface area contributed by atoms with E-state index in [9.17, 15) is 9.18 Å². The van der Waals surface area contributed by atoms with Gasteiger partial charge in [-0.15, -0.1) is 0 Å². The maximum atomic E-state index is 13.9. The molecule has 180 valence electrons. The Labute approximate surface area is 198 Å². The molecule has 2 aromatic carbocycles. The van der Waals surface area contributed by atoms with E-state index in [-0.39, 0.29) is 22.5 Å². The Morgan fingerprint density at radius 3 is 2.65 bits per heavy atom. The number of fused-ring (bicyclic) bond motifs is 1. The molecule has 2 aliphatic heterocycles. The van der Waals surface area contributed by atoms with Gasteiger partial charge in [0, 0.05) is 12.3 Å². The first kappa shape index (κ1) is 25.1. The van der Waals surface area contributed by atoms with Gasteiger partial charge in [-0.25, -0.2) is 9.37 Å². The number of piperidine rings is 1. The summed E-state index contributed by atoms with van der Waals surface area (Å²) >= 11 is 0. The molecule has 8 nitrogen and oxygen atoms in total. The van der Waals surface area contributed by atoms with Crippen molar-refractivity contribution in [3.8, 4) is 6.07 Å². The number of hydrogen-bond acceptors (Lipinski definition) is 7. The minimum absolute atomic E-state index is 0.0141. The van der Waals surface area contributed by atoms with Gasteiger partial charge in [0.25, 0.3) is 5.56 Å². The lowest BCUT2D eigenvalue weighted by Gasteiger charge is -2.32. The first-order valence-corrected chi connectivity index (χ1v) is 11.6. The second-order valence-corrected chi connectivity index (χ2v) is 7.97. The molecule has 2 aliphatic rings. The van der Waals surface area contributed by atoms with Crippen molar-refractivity contribution in [3.63, 3.8) is 0 Å². The molecule has 1 spiro atoms. The highest BCUT2D eigenvalue weighted by Crippen LogP contribution is 2.33. The molecule has 3 aromatic rings.